The Morgan fingerprint density at radius 2 is 2.04 bits per heavy atom. The smallest absolute Gasteiger partial charge is 0.136 e. The molecule has 0 unspecified atom stereocenters. The van der Waals surface area contributed by atoms with E-state index < -0.39 is 0 Å². The fourth-order valence-electron chi connectivity index (χ4n) is 3.02. The second kappa shape index (κ2) is 7.73. The largest absolute Gasteiger partial charge is 0.370 e. The molecule has 2 aromatic rings. The Morgan fingerprint density at radius 3 is 2.74 bits per heavy atom. The van der Waals surface area contributed by atoms with E-state index in [0.717, 1.165) is 42.3 Å². The number of pyridine rings is 1. The van der Waals surface area contributed by atoms with Crippen molar-refractivity contribution in [1.29, 1.82) is 0 Å². The lowest BCUT2D eigenvalue weighted by molar-refractivity contribution is 0.421. The second-order valence-corrected chi connectivity index (χ2v) is 6.60. The molecule has 23 heavy (non-hydrogen) atoms. The number of aromatic nitrogens is 3. The molecule has 0 spiro atoms. The minimum atomic E-state index is 0.684. The highest BCUT2D eigenvalue weighted by Gasteiger charge is 2.22. The van der Waals surface area contributed by atoms with Gasteiger partial charge in [-0.05, 0) is 53.2 Å². The van der Waals surface area contributed by atoms with Gasteiger partial charge < -0.3 is 10.2 Å². The average molecular weight is 376 g/mol. The normalized spacial score (nSPS) is 15.7. The first-order valence-corrected chi connectivity index (χ1v) is 8.96. The summed E-state index contributed by atoms with van der Waals surface area (Å²) in [5.74, 6) is 2.73. The van der Waals surface area contributed by atoms with Crippen molar-refractivity contribution in [2.75, 3.05) is 29.9 Å². The summed E-state index contributed by atoms with van der Waals surface area (Å²) in [4.78, 5) is 15.5. The zero-order chi connectivity index (χ0) is 16.1. The molecule has 1 aliphatic heterocycles. The maximum atomic E-state index is 4.51. The number of rotatable bonds is 5. The number of piperidine rings is 1. The Kier molecular flexibility index (Phi) is 5.43. The maximum absolute atomic E-state index is 4.51. The van der Waals surface area contributed by atoms with Crippen LogP contribution in [-0.2, 0) is 6.42 Å². The van der Waals surface area contributed by atoms with Gasteiger partial charge in [-0.1, -0.05) is 13.0 Å². The van der Waals surface area contributed by atoms with E-state index in [0.29, 0.717) is 5.92 Å². The Balaban J connectivity index is 1.55. The third kappa shape index (κ3) is 3.99. The molecule has 3 rings (SSSR count). The van der Waals surface area contributed by atoms with Crippen LogP contribution in [0.5, 0.6) is 0 Å². The minimum Gasteiger partial charge on any atom is -0.370 e. The molecule has 0 bridgehead atoms. The van der Waals surface area contributed by atoms with Crippen molar-refractivity contribution in [3.05, 3.63) is 40.9 Å². The van der Waals surface area contributed by atoms with E-state index in [4.69, 9.17) is 0 Å². The molecule has 1 fully saturated rings. The van der Waals surface area contributed by atoms with Crippen molar-refractivity contribution in [3.63, 3.8) is 0 Å². The lowest BCUT2D eigenvalue weighted by Gasteiger charge is -2.34. The third-order valence-corrected chi connectivity index (χ3v) is 5.06. The van der Waals surface area contributed by atoms with Gasteiger partial charge in [0.15, 0.2) is 0 Å². The Hall–Kier alpha value is -1.69. The molecule has 5 nitrogen and oxygen atoms in total. The lowest BCUT2D eigenvalue weighted by Crippen LogP contribution is -2.37. The molecule has 0 radical (unpaired) electrons. The summed E-state index contributed by atoms with van der Waals surface area (Å²) in [6.07, 6.45) is 6.75. The lowest BCUT2D eigenvalue weighted by atomic mass is 9.96. The number of nitrogens with one attached hydrogen (secondary N) is 1. The fourth-order valence-corrected chi connectivity index (χ4v) is 3.57. The van der Waals surface area contributed by atoms with Gasteiger partial charge >= 0.3 is 0 Å². The van der Waals surface area contributed by atoms with Gasteiger partial charge in [-0.3, -0.25) is 0 Å². The Morgan fingerprint density at radius 1 is 1.22 bits per heavy atom. The van der Waals surface area contributed by atoms with Crippen molar-refractivity contribution in [2.24, 2.45) is 5.92 Å². The van der Waals surface area contributed by atoms with Gasteiger partial charge in [0.25, 0.3) is 0 Å². The highest BCUT2D eigenvalue weighted by atomic mass is 79.9. The van der Waals surface area contributed by atoms with Gasteiger partial charge in [-0.2, -0.15) is 0 Å². The number of hydrogen-bond acceptors (Lipinski definition) is 5. The zero-order valence-corrected chi connectivity index (χ0v) is 15.0. The van der Waals surface area contributed by atoms with Gasteiger partial charge in [0, 0.05) is 31.4 Å². The zero-order valence-electron chi connectivity index (χ0n) is 13.4. The number of nitrogens with zero attached hydrogens (tertiary/aromatic N) is 4. The molecule has 3 heterocycles. The quantitative estimate of drug-likeness (QED) is 0.810. The molecule has 1 saturated heterocycles. The standard InChI is InChI=1S/C17H22BrN5/c1-2-14-16(18)21-12-22-17(14)23-9-6-13(7-10-23)11-20-15-5-3-4-8-19-15/h3-5,8,12-13H,2,6-7,9-11H2,1H3,(H,19,20). The second-order valence-electron chi connectivity index (χ2n) is 5.85. The summed E-state index contributed by atoms with van der Waals surface area (Å²) in [5, 5.41) is 3.44. The maximum Gasteiger partial charge on any atom is 0.136 e. The first-order chi connectivity index (χ1) is 11.3. The summed E-state index contributed by atoms with van der Waals surface area (Å²) in [6.45, 7) is 5.23. The average Bonchev–Trinajstić information content (AvgIpc) is 2.61. The molecular formula is C17H22BrN5. The summed E-state index contributed by atoms with van der Waals surface area (Å²) < 4.78 is 0.920. The van der Waals surface area contributed by atoms with Crippen LogP contribution in [0.1, 0.15) is 25.3 Å². The van der Waals surface area contributed by atoms with E-state index in [1.54, 1.807) is 6.33 Å². The molecule has 6 heteroatoms. The Labute approximate surface area is 145 Å². The summed E-state index contributed by atoms with van der Waals surface area (Å²) >= 11 is 3.54. The molecule has 0 aromatic carbocycles. The molecule has 0 atom stereocenters. The van der Waals surface area contributed by atoms with Crippen molar-refractivity contribution in [1.82, 2.24) is 15.0 Å². The van der Waals surface area contributed by atoms with Crippen LogP contribution in [0.25, 0.3) is 0 Å². The predicted molar refractivity (Wildman–Crippen MR) is 96.8 cm³/mol. The van der Waals surface area contributed by atoms with Crippen molar-refractivity contribution in [2.45, 2.75) is 26.2 Å². The van der Waals surface area contributed by atoms with Crippen molar-refractivity contribution < 1.29 is 0 Å². The number of hydrogen-bond donors (Lipinski definition) is 1. The van der Waals surface area contributed by atoms with E-state index in [2.05, 4.69) is 48.0 Å². The highest BCUT2D eigenvalue weighted by Crippen LogP contribution is 2.28. The molecular weight excluding hydrogens is 354 g/mol. The van der Waals surface area contributed by atoms with Crippen LogP contribution in [0, 0.1) is 5.92 Å². The summed E-state index contributed by atoms with van der Waals surface area (Å²) in [6, 6.07) is 5.97. The SMILES string of the molecule is CCc1c(Br)ncnc1N1CCC(CNc2ccccn2)CC1. The van der Waals surface area contributed by atoms with Gasteiger partial charge in [-0.25, -0.2) is 15.0 Å². The van der Waals surface area contributed by atoms with Crippen LogP contribution < -0.4 is 10.2 Å². The van der Waals surface area contributed by atoms with Gasteiger partial charge in [-0.15, -0.1) is 0 Å². The summed E-state index contributed by atoms with van der Waals surface area (Å²) in [7, 11) is 0. The van der Waals surface area contributed by atoms with Crippen LogP contribution in [0.3, 0.4) is 0 Å². The van der Waals surface area contributed by atoms with Crippen LogP contribution >= 0.6 is 15.9 Å². The number of halogens is 1. The van der Waals surface area contributed by atoms with Gasteiger partial charge in [0.2, 0.25) is 0 Å². The van der Waals surface area contributed by atoms with Gasteiger partial charge in [0.1, 0.15) is 22.6 Å². The van der Waals surface area contributed by atoms with Crippen LogP contribution in [0.15, 0.2) is 35.3 Å². The van der Waals surface area contributed by atoms with Crippen molar-refractivity contribution in [3.8, 4) is 0 Å². The Bertz CT molecular complexity index is 626. The van der Waals surface area contributed by atoms with E-state index in [1.807, 2.05) is 24.4 Å². The molecule has 1 aliphatic rings. The number of anilines is 2. The first-order valence-electron chi connectivity index (χ1n) is 8.17. The molecule has 0 amide bonds. The molecule has 0 aliphatic carbocycles. The topological polar surface area (TPSA) is 53.9 Å². The highest BCUT2D eigenvalue weighted by molar-refractivity contribution is 9.10. The van der Waals surface area contributed by atoms with Gasteiger partial charge in [0.05, 0.1) is 0 Å². The molecule has 1 N–H and O–H groups in total. The van der Waals surface area contributed by atoms with Crippen LogP contribution in [0.4, 0.5) is 11.6 Å². The predicted octanol–water partition coefficient (Wildman–Crippen LogP) is 3.53. The van der Waals surface area contributed by atoms with E-state index in [9.17, 15) is 0 Å². The van der Waals surface area contributed by atoms with E-state index in [1.165, 1.54) is 18.4 Å². The molecule has 122 valence electrons. The van der Waals surface area contributed by atoms with E-state index >= 15 is 0 Å². The molecule has 0 saturated carbocycles. The summed E-state index contributed by atoms with van der Waals surface area (Å²) in [5.41, 5.74) is 1.21. The molecule has 2 aromatic heterocycles. The third-order valence-electron chi connectivity index (χ3n) is 4.37. The fraction of sp³-hybridized carbons (Fsp3) is 0.471. The van der Waals surface area contributed by atoms with Crippen LogP contribution in [-0.4, -0.2) is 34.6 Å². The minimum absolute atomic E-state index is 0.684. The van der Waals surface area contributed by atoms with Crippen LogP contribution in [0.2, 0.25) is 0 Å². The first kappa shape index (κ1) is 16.2. The van der Waals surface area contributed by atoms with Crippen molar-refractivity contribution >= 4 is 27.6 Å². The van der Waals surface area contributed by atoms with E-state index in [-0.39, 0.29) is 0 Å². The monoisotopic (exact) mass is 375 g/mol.